The van der Waals surface area contributed by atoms with Gasteiger partial charge >= 0.3 is 0 Å². The van der Waals surface area contributed by atoms with E-state index < -0.39 is 0 Å². The molecule has 0 saturated carbocycles. The fourth-order valence-corrected chi connectivity index (χ4v) is 1.97. The van der Waals surface area contributed by atoms with E-state index in [0.29, 0.717) is 6.04 Å². The Balaban J connectivity index is 1.97. The summed E-state index contributed by atoms with van der Waals surface area (Å²) < 4.78 is 7.20. The fraction of sp³-hybridized carbons (Fsp3) is 0.500. The van der Waals surface area contributed by atoms with Gasteiger partial charge in [0.25, 0.3) is 0 Å². The second-order valence-corrected chi connectivity index (χ2v) is 4.72. The molecule has 18 heavy (non-hydrogen) atoms. The molecule has 0 bridgehead atoms. The molecule has 1 atom stereocenters. The Kier molecular flexibility index (Phi) is 4.20. The number of hydrogen-bond donors (Lipinski definition) is 1. The van der Waals surface area contributed by atoms with Crippen molar-refractivity contribution in [2.45, 2.75) is 39.8 Å². The van der Waals surface area contributed by atoms with Crippen LogP contribution >= 0.6 is 0 Å². The Morgan fingerprint density at radius 2 is 2.33 bits per heavy atom. The lowest BCUT2D eigenvalue weighted by Crippen LogP contribution is -2.18. The molecule has 0 radical (unpaired) electrons. The summed E-state index contributed by atoms with van der Waals surface area (Å²) >= 11 is 0. The molecule has 2 heterocycles. The lowest BCUT2D eigenvalue weighted by molar-refractivity contribution is 0.389. The van der Waals surface area contributed by atoms with Crippen LogP contribution in [0.3, 0.4) is 0 Å². The van der Waals surface area contributed by atoms with Crippen LogP contribution < -0.4 is 5.32 Å². The predicted molar refractivity (Wildman–Crippen MR) is 71.5 cm³/mol. The maximum atomic E-state index is 5.07. The van der Waals surface area contributed by atoms with Crippen molar-refractivity contribution in [3.05, 3.63) is 41.5 Å². The van der Waals surface area contributed by atoms with Gasteiger partial charge in [0.1, 0.15) is 11.5 Å². The summed E-state index contributed by atoms with van der Waals surface area (Å²) in [6, 6.07) is 4.52. The first-order valence-corrected chi connectivity index (χ1v) is 6.50. The second kappa shape index (κ2) is 5.87. The van der Waals surface area contributed by atoms with E-state index in [4.69, 9.17) is 4.52 Å². The van der Waals surface area contributed by atoms with E-state index in [2.05, 4.69) is 47.3 Å². The minimum atomic E-state index is 0.394. The van der Waals surface area contributed by atoms with Crippen molar-refractivity contribution in [1.29, 1.82) is 0 Å². The highest BCUT2D eigenvalue weighted by molar-refractivity contribution is 5.16. The molecule has 0 fully saturated rings. The number of hydrogen-bond acceptors (Lipinski definition) is 3. The molecule has 2 aromatic rings. The molecule has 0 aromatic carbocycles. The van der Waals surface area contributed by atoms with Crippen LogP contribution in [-0.2, 0) is 6.54 Å². The van der Waals surface area contributed by atoms with Gasteiger partial charge in [0, 0.05) is 24.5 Å². The first-order chi connectivity index (χ1) is 8.69. The summed E-state index contributed by atoms with van der Waals surface area (Å²) in [5.74, 6) is 0.857. The number of aromatic nitrogens is 2. The minimum Gasteiger partial charge on any atom is -0.361 e. The Bertz CT molecular complexity index is 487. The fourth-order valence-electron chi connectivity index (χ4n) is 1.97. The maximum Gasteiger partial charge on any atom is 0.133 e. The summed E-state index contributed by atoms with van der Waals surface area (Å²) in [6.45, 7) is 8.09. The zero-order chi connectivity index (χ0) is 13.0. The van der Waals surface area contributed by atoms with E-state index in [0.717, 1.165) is 31.0 Å². The number of aryl methyl sites for hydroxylation is 1. The molecule has 0 amide bonds. The van der Waals surface area contributed by atoms with E-state index in [1.165, 1.54) is 5.56 Å². The van der Waals surface area contributed by atoms with Crippen LogP contribution in [0.1, 0.15) is 43.3 Å². The van der Waals surface area contributed by atoms with Crippen molar-refractivity contribution in [3.63, 3.8) is 0 Å². The van der Waals surface area contributed by atoms with Crippen molar-refractivity contribution in [2.75, 3.05) is 6.54 Å². The van der Waals surface area contributed by atoms with Gasteiger partial charge in [-0.1, -0.05) is 12.1 Å². The first-order valence-electron chi connectivity index (χ1n) is 6.50. The largest absolute Gasteiger partial charge is 0.361 e. The van der Waals surface area contributed by atoms with Crippen molar-refractivity contribution < 1.29 is 4.52 Å². The Morgan fingerprint density at radius 1 is 1.50 bits per heavy atom. The van der Waals surface area contributed by atoms with E-state index in [1.54, 1.807) is 0 Å². The third-order valence-corrected chi connectivity index (χ3v) is 3.00. The van der Waals surface area contributed by atoms with Gasteiger partial charge in [-0.25, -0.2) is 0 Å². The SMILES string of the molecule is CCCNC(C)c1ccn(Cc2cc(C)on2)c1. The summed E-state index contributed by atoms with van der Waals surface area (Å²) in [6.07, 6.45) is 5.41. The Morgan fingerprint density at radius 3 is 3.00 bits per heavy atom. The van der Waals surface area contributed by atoms with Gasteiger partial charge in [0.05, 0.1) is 6.54 Å². The van der Waals surface area contributed by atoms with Gasteiger partial charge in [0.15, 0.2) is 0 Å². The maximum absolute atomic E-state index is 5.07. The van der Waals surface area contributed by atoms with Gasteiger partial charge in [-0.05, 0) is 38.4 Å². The van der Waals surface area contributed by atoms with Gasteiger partial charge in [-0.2, -0.15) is 0 Å². The lowest BCUT2D eigenvalue weighted by Gasteiger charge is -2.11. The van der Waals surface area contributed by atoms with Crippen LogP contribution in [-0.4, -0.2) is 16.3 Å². The summed E-state index contributed by atoms with van der Waals surface area (Å²) in [5, 5.41) is 7.49. The number of nitrogens with one attached hydrogen (secondary N) is 1. The van der Waals surface area contributed by atoms with E-state index >= 15 is 0 Å². The molecule has 1 N–H and O–H groups in total. The van der Waals surface area contributed by atoms with Crippen LogP contribution in [0, 0.1) is 6.92 Å². The summed E-state index contributed by atoms with van der Waals surface area (Å²) in [7, 11) is 0. The molecule has 4 heteroatoms. The average molecular weight is 247 g/mol. The van der Waals surface area contributed by atoms with E-state index in [9.17, 15) is 0 Å². The van der Waals surface area contributed by atoms with Crippen LogP contribution in [0.5, 0.6) is 0 Å². The first kappa shape index (κ1) is 12.9. The summed E-state index contributed by atoms with van der Waals surface area (Å²) in [4.78, 5) is 0. The predicted octanol–water partition coefficient (Wildman–Crippen LogP) is 2.89. The lowest BCUT2D eigenvalue weighted by atomic mass is 10.2. The van der Waals surface area contributed by atoms with Crippen LogP contribution in [0.2, 0.25) is 0 Å². The monoisotopic (exact) mass is 247 g/mol. The third kappa shape index (κ3) is 3.23. The molecule has 2 aromatic heterocycles. The number of nitrogens with zero attached hydrogens (tertiary/aromatic N) is 2. The molecule has 1 unspecified atom stereocenters. The zero-order valence-electron chi connectivity index (χ0n) is 11.3. The van der Waals surface area contributed by atoms with E-state index in [1.807, 2.05) is 13.0 Å². The van der Waals surface area contributed by atoms with Gasteiger partial charge < -0.3 is 14.4 Å². The quantitative estimate of drug-likeness (QED) is 0.853. The normalized spacial score (nSPS) is 12.8. The molecule has 0 aliphatic heterocycles. The average Bonchev–Trinajstić information content (AvgIpc) is 2.96. The molecule has 0 spiro atoms. The van der Waals surface area contributed by atoms with Crippen molar-refractivity contribution in [1.82, 2.24) is 15.0 Å². The standard InChI is InChI=1S/C14H21N3O/c1-4-6-15-12(3)13-5-7-17(9-13)10-14-8-11(2)18-16-14/h5,7-9,12,15H,4,6,10H2,1-3H3. The molecule has 0 aliphatic carbocycles. The van der Waals surface area contributed by atoms with Gasteiger partial charge in [-0.15, -0.1) is 0 Å². The molecule has 98 valence electrons. The van der Waals surface area contributed by atoms with Crippen molar-refractivity contribution in [2.24, 2.45) is 0 Å². The zero-order valence-corrected chi connectivity index (χ0v) is 11.3. The molecule has 2 rings (SSSR count). The van der Waals surface area contributed by atoms with Gasteiger partial charge in [-0.3, -0.25) is 0 Å². The highest BCUT2D eigenvalue weighted by Gasteiger charge is 2.07. The molecule has 0 aliphatic rings. The summed E-state index contributed by atoms with van der Waals surface area (Å²) in [5.41, 5.74) is 2.27. The number of rotatable bonds is 6. The smallest absolute Gasteiger partial charge is 0.133 e. The van der Waals surface area contributed by atoms with Crippen LogP contribution in [0.25, 0.3) is 0 Å². The Hall–Kier alpha value is -1.55. The highest BCUT2D eigenvalue weighted by Crippen LogP contribution is 2.14. The van der Waals surface area contributed by atoms with E-state index in [-0.39, 0.29) is 0 Å². The molecule has 4 nitrogen and oxygen atoms in total. The van der Waals surface area contributed by atoms with Crippen LogP contribution in [0.4, 0.5) is 0 Å². The van der Waals surface area contributed by atoms with Gasteiger partial charge in [0.2, 0.25) is 0 Å². The second-order valence-electron chi connectivity index (χ2n) is 4.72. The molecule has 0 saturated heterocycles. The van der Waals surface area contributed by atoms with Crippen LogP contribution in [0.15, 0.2) is 29.0 Å². The topological polar surface area (TPSA) is 43.0 Å². The van der Waals surface area contributed by atoms with Crippen molar-refractivity contribution >= 4 is 0 Å². The van der Waals surface area contributed by atoms with Crippen molar-refractivity contribution in [3.8, 4) is 0 Å². The molecular formula is C14H21N3O. The molecular weight excluding hydrogens is 226 g/mol. The minimum absolute atomic E-state index is 0.394. The third-order valence-electron chi connectivity index (χ3n) is 3.00. The highest BCUT2D eigenvalue weighted by atomic mass is 16.5. The Labute approximate surface area is 108 Å².